The van der Waals surface area contributed by atoms with Crippen LogP contribution in [0.3, 0.4) is 0 Å². The first-order valence-corrected chi connectivity index (χ1v) is 9.78. The van der Waals surface area contributed by atoms with Gasteiger partial charge in [0, 0.05) is 17.8 Å². The quantitative estimate of drug-likeness (QED) is 0.534. The lowest BCUT2D eigenvalue weighted by Gasteiger charge is -2.25. The average Bonchev–Trinajstić information content (AvgIpc) is 2.78. The maximum Gasteiger partial charge on any atom is 0.232 e. The van der Waals surface area contributed by atoms with E-state index in [-0.39, 0.29) is 12.0 Å². The number of ether oxygens (including phenoxy) is 3. The van der Waals surface area contributed by atoms with Crippen LogP contribution in [0.2, 0.25) is 0 Å². The summed E-state index contributed by atoms with van der Waals surface area (Å²) in [5.74, 6) is 2.92. The van der Waals surface area contributed by atoms with Crippen molar-refractivity contribution in [2.45, 2.75) is 19.5 Å². The van der Waals surface area contributed by atoms with Crippen LogP contribution in [0.25, 0.3) is 0 Å². The van der Waals surface area contributed by atoms with Crippen molar-refractivity contribution in [2.24, 2.45) is 0 Å². The molecule has 1 heterocycles. The molecule has 0 radical (unpaired) electrons. The molecule has 1 aromatic heterocycles. The Hall–Kier alpha value is -3.59. The van der Waals surface area contributed by atoms with Crippen molar-refractivity contribution < 1.29 is 14.2 Å². The van der Waals surface area contributed by atoms with E-state index in [4.69, 9.17) is 19.9 Å². The molecule has 2 aromatic carbocycles. The van der Waals surface area contributed by atoms with Crippen LogP contribution in [0.1, 0.15) is 24.4 Å². The third-order valence-electron chi connectivity index (χ3n) is 4.94. The summed E-state index contributed by atoms with van der Waals surface area (Å²) in [7, 11) is 6.77. The van der Waals surface area contributed by atoms with E-state index < -0.39 is 0 Å². The standard InChI is InChI=1S/C22H28N6O3/c1-14(20-25-21(23)27-22(26-20)24-16-9-7-6-8-10-16)28(2)13-15-11-12-17(29-3)19(31-5)18(15)30-4/h6-12,14H,13H2,1-5H3,(H3,23,24,25,26,27)/t14-/m1/s1. The number of methoxy groups -OCH3 is 3. The van der Waals surface area contributed by atoms with E-state index in [1.54, 1.807) is 21.3 Å². The first-order valence-electron chi connectivity index (χ1n) is 9.78. The molecule has 0 spiro atoms. The zero-order valence-corrected chi connectivity index (χ0v) is 18.4. The lowest BCUT2D eigenvalue weighted by atomic mass is 10.1. The zero-order valence-electron chi connectivity index (χ0n) is 18.4. The largest absolute Gasteiger partial charge is 0.493 e. The van der Waals surface area contributed by atoms with Gasteiger partial charge < -0.3 is 25.3 Å². The highest BCUT2D eigenvalue weighted by Crippen LogP contribution is 2.40. The van der Waals surface area contributed by atoms with Gasteiger partial charge in [0.25, 0.3) is 0 Å². The molecule has 0 aliphatic heterocycles. The molecule has 3 aromatic rings. The Balaban J connectivity index is 1.82. The minimum absolute atomic E-state index is 0.139. The Morgan fingerprint density at radius 1 is 0.935 bits per heavy atom. The molecule has 0 bridgehead atoms. The van der Waals surface area contributed by atoms with E-state index in [0.717, 1.165) is 11.3 Å². The number of benzene rings is 2. The maximum absolute atomic E-state index is 5.95. The SMILES string of the molecule is COc1ccc(CN(C)[C@H](C)c2nc(N)nc(Nc3ccccc3)n2)c(OC)c1OC. The Morgan fingerprint density at radius 2 is 1.65 bits per heavy atom. The van der Waals surface area contributed by atoms with Gasteiger partial charge in [0.15, 0.2) is 17.3 Å². The lowest BCUT2D eigenvalue weighted by Crippen LogP contribution is -2.25. The Morgan fingerprint density at radius 3 is 2.29 bits per heavy atom. The molecule has 0 saturated heterocycles. The fraction of sp³-hybridized carbons (Fsp3) is 0.318. The molecule has 0 saturated carbocycles. The molecule has 3 N–H and O–H groups in total. The molecular formula is C22H28N6O3. The van der Waals surface area contributed by atoms with Crippen LogP contribution in [-0.4, -0.2) is 48.2 Å². The predicted octanol–water partition coefficient (Wildman–Crippen LogP) is 3.42. The first kappa shape index (κ1) is 22.1. The summed E-state index contributed by atoms with van der Waals surface area (Å²) in [6, 6.07) is 13.3. The van der Waals surface area contributed by atoms with Gasteiger partial charge in [0.1, 0.15) is 0 Å². The molecule has 0 aliphatic carbocycles. The van der Waals surface area contributed by atoms with Crippen molar-refractivity contribution in [3.05, 3.63) is 53.9 Å². The van der Waals surface area contributed by atoms with E-state index in [0.29, 0.717) is 35.6 Å². The molecule has 0 unspecified atom stereocenters. The lowest BCUT2D eigenvalue weighted by molar-refractivity contribution is 0.238. The van der Waals surface area contributed by atoms with E-state index in [9.17, 15) is 0 Å². The third-order valence-corrected chi connectivity index (χ3v) is 4.94. The monoisotopic (exact) mass is 424 g/mol. The molecular weight excluding hydrogens is 396 g/mol. The Labute approximate surface area is 182 Å². The van der Waals surface area contributed by atoms with Crippen molar-refractivity contribution in [2.75, 3.05) is 39.4 Å². The van der Waals surface area contributed by atoms with Crippen LogP contribution in [0.5, 0.6) is 17.2 Å². The molecule has 1 atom stereocenters. The van der Waals surface area contributed by atoms with Crippen molar-refractivity contribution in [3.8, 4) is 17.2 Å². The molecule has 164 valence electrons. The second-order valence-electron chi connectivity index (χ2n) is 6.95. The summed E-state index contributed by atoms with van der Waals surface area (Å²) in [5.41, 5.74) is 7.76. The normalized spacial score (nSPS) is 11.8. The van der Waals surface area contributed by atoms with Gasteiger partial charge in [-0.3, -0.25) is 4.90 Å². The van der Waals surface area contributed by atoms with E-state index in [1.165, 1.54) is 0 Å². The second-order valence-corrected chi connectivity index (χ2v) is 6.95. The molecule has 0 fully saturated rings. The topological polar surface area (TPSA) is 108 Å². The van der Waals surface area contributed by atoms with Gasteiger partial charge in [0.2, 0.25) is 17.6 Å². The molecule has 31 heavy (non-hydrogen) atoms. The smallest absolute Gasteiger partial charge is 0.232 e. The first-order chi connectivity index (χ1) is 15.0. The molecule has 3 rings (SSSR count). The van der Waals surface area contributed by atoms with Crippen LogP contribution >= 0.6 is 0 Å². The molecule has 9 heteroatoms. The van der Waals surface area contributed by atoms with Gasteiger partial charge in [-0.1, -0.05) is 24.3 Å². The zero-order chi connectivity index (χ0) is 22.4. The van der Waals surface area contributed by atoms with Crippen molar-refractivity contribution in [3.63, 3.8) is 0 Å². The van der Waals surface area contributed by atoms with Crippen LogP contribution in [0.15, 0.2) is 42.5 Å². The molecule has 9 nitrogen and oxygen atoms in total. The number of hydrogen-bond donors (Lipinski definition) is 2. The highest BCUT2D eigenvalue weighted by Gasteiger charge is 2.21. The average molecular weight is 425 g/mol. The Kier molecular flexibility index (Phi) is 7.09. The number of aromatic nitrogens is 3. The minimum atomic E-state index is -0.139. The van der Waals surface area contributed by atoms with Gasteiger partial charge >= 0.3 is 0 Å². The van der Waals surface area contributed by atoms with Gasteiger partial charge in [-0.05, 0) is 32.2 Å². The number of hydrogen-bond acceptors (Lipinski definition) is 9. The van der Waals surface area contributed by atoms with Crippen LogP contribution in [-0.2, 0) is 6.54 Å². The van der Waals surface area contributed by atoms with Crippen LogP contribution < -0.4 is 25.3 Å². The fourth-order valence-electron chi connectivity index (χ4n) is 3.19. The second kappa shape index (κ2) is 9.94. The third kappa shape index (κ3) is 5.13. The summed E-state index contributed by atoms with van der Waals surface area (Å²) in [5, 5.41) is 3.16. The number of nitrogen functional groups attached to an aromatic ring is 1. The maximum atomic E-state index is 5.95. The van der Waals surface area contributed by atoms with Gasteiger partial charge in [-0.15, -0.1) is 0 Å². The summed E-state index contributed by atoms with van der Waals surface area (Å²) < 4.78 is 16.4. The van der Waals surface area contributed by atoms with Gasteiger partial charge in [-0.2, -0.15) is 15.0 Å². The number of nitrogens with one attached hydrogen (secondary N) is 1. The van der Waals surface area contributed by atoms with Gasteiger partial charge in [-0.25, -0.2) is 0 Å². The molecule has 0 aliphatic rings. The van der Waals surface area contributed by atoms with Crippen LogP contribution in [0, 0.1) is 0 Å². The van der Waals surface area contributed by atoms with Gasteiger partial charge in [0.05, 0.1) is 27.4 Å². The van der Waals surface area contributed by atoms with E-state index >= 15 is 0 Å². The highest BCUT2D eigenvalue weighted by atomic mass is 16.5. The summed E-state index contributed by atoms with van der Waals surface area (Å²) in [6.45, 7) is 2.58. The van der Waals surface area contributed by atoms with E-state index in [2.05, 4.69) is 25.2 Å². The van der Waals surface area contributed by atoms with Crippen LogP contribution in [0.4, 0.5) is 17.6 Å². The number of anilines is 3. The minimum Gasteiger partial charge on any atom is -0.493 e. The van der Waals surface area contributed by atoms with Crippen molar-refractivity contribution >= 4 is 17.6 Å². The molecule has 0 amide bonds. The Bertz CT molecular complexity index is 1020. The summed E-state index contributed by atoms with van der Waals surface area (Å²) >= 11 is 0. The number of para-hydroxylation sites is 1. The summed E-state index contributed by atoms with van der Waals surface area (Å²) in [4.78, 5) is 15.2. The highest BCUT2D eigenvalue weighted by molar-refractivity contribution is 5.56. The van der Waals surface area contributed by atoms with Crippen molar-refractivity contribution in [1.29, 1.82) is 0 Å². The van der Waals surface area contributed by atoms with E-state index in [1.807, 2.05) is 56.4 Å². The predicted molar refractivity (Wildman–Crippen MR) is 120 cm³/mol. The number of nitrogens with two attached hydrogens (primary N) is 1. The number of rotatable bonds is 9. The number of nitrogens with zero attached hydrogens (tertiary/aromatic N) is 4. The fourth-order valence-corrected chi connectivity index (χ4v) is 3.19. The summed E-state index contributed by atoms with van der Waals surface area (Å²) in [6.07, 6.45) is 0. The van der Waals surface area contributed by atoms with Crippen molar-refractivity contribution in [1.82, 2.24) is 19.9 Å².